The van der Waals surface area contributed by atoms with Crippen molar-refractivity contribution in [3.8, 4) is 0 Å². The number of aromatic amines is 1. The van der Waals surface area contributed by atoms with Gasteiger partial charge >= 0.3 is 0 Å². The molecule has 2 aromatic carbocycles. The molecular weight excluding hydrogens is 318 g/mol. The maximum Gasteiger partial charge on any atom is 0.0457 e. The van der Waals surface area contributed by atoms with E-state index >= 15 is 0 Å². The van der Waals surface area contributed by atoms with Crippen molar-refractivity contribution in [3.63, 3.8) is 0 Å². The highest BCUT2D eigenvalue weighted by atomic mass is 15.1. The summed E-state index contributed by atoms with van der Waals surface area (Å²) in [6.07, 6.45) is 8.52. The molecule has 3 nitrogen and oxygen atoms in total. The van der Waals surface area contributed by atoms with E-state index in [1.54, 1.807) is 0 Å². The minimum Gasteiger partial charge on any atom is -0.361 e. The molecule has 1 fully saturated rings. The lowest BCUT2D eigenvalue weighted by molar-refractivity contribution is 0.206. The zero-order valence-electron chi connectivity index (χ0n) is 14.9. The molecule has 26 heavy (non-hydrogen) atoms. The molecular formula is C23H23N3. The van der Waals surface area contributed by atoms with Crippen LogP contribution in [0, 0.1) is 0 Å². The van der Waals surface area contributed by atoms with Crippen molar-refractivity contribution in [2.45, 2.75) is 25.3 Å². The first-order chi connectivity index (χ1) is 12.9. The molecule has 0 atom stereocenters. The predicted molar refractivity (Wildman–Crippen MR) is 107 cm³/mol. The maximum atomic E-state index is 4.27. The van der Waals surface area contributed by atoms with Gasteiger partial charge in [0.2, 0.25) is 0 Å². The lowest BCUT2D eigenvalue weighted by Gasteiger charge is -2.32. The molecule has 0 bridgehead atoms. The number of benzene rings is 2. The van der Waals surface area contributed by atoms with Gasteiger partial charge in [-0.2, -0.15) is 0 Å². The number of nitrogens with one attached hydrogen (secondary N) is 1. The van der Waals surface area contributed by atoms with Crippen LogP contribution in [0.15, 0.2) is 67.1 Å². The second-order valence-electron chi connectivity index (χ2n) is 7.35. The fourth-order valence-electron chi connectivity index (χ4n) is 4.41. The third kappa shape index (κ3) is 2.78. The predicted octanol–water partition coefficient (Wildman–Crippen LogP) is 5.10. The van der Waals surface area contributed by atoms with Gasteiger partial charge in [-0.25, -0.2) is 0 Å². The van der Waals surface area contributed by atoms with Gasteiger partial charge in [-0.1, -0.05) is 36.4 Å². The van der Waals surface area contributed by atoms with E-state index in [0.717, 1.165) is 19.6 Å². The molecule has 4 aromatic rings. The third-order valence-electron chi connectivity index (χ3n) is 5.81. The largest absolute Gasteiger partial charge is 0.361 e. The van der Waals surface area contributed by atoms with E-state index in [0.29, 0.717) is 5.92 Å². The van der Waals surface area contributed by atoms with Crippen molar-refractivity contribution in [3.05, 3.63) is 78.2 Å². The maximum absolute atomic E-state index is 4.27. The van der Waals surface area contributed by atoms with Crippen LogP contribution >= 0.6 is 0 Å². The van der Waals surface area contributed by atoms with Gasteiger partial charge in [-0.05, 0) is 60.5 Å². The molecule has 1 N–H and O–H groups in total. The summed E-state index contributed by atoms with van der Waals surface area (Å²) in [4.78, 5) is 10.3. The number of H-pyrrole nitrogens is 1. The van der Waals surface area contributed by atoms with E-state index in [4.69, 9.17) is 0 Å². The number of likely N-dealkylation sites (tertiary alicyclic amines) is 1. The highest BCUT2D eigenvalue weighted by Gasteiger charge is 2.22. The van der Waals surface area contributed by atoms with Crippen LogP contribution in [-0.4, -0.2) is 28.0 Å². The first kappa shape index (κ1) is 15.6. The van der Waals surface area contributed by atoms with Crippen LogP contribution in [-0.2, 0) is 6.54 Å². The van der Waals surface area contributed by atoms with Crippen LogP contribution in [0.25, 0.3) is 21.7 Å². The van der Waals surface area contributed by atoms with Crippen molar-refractivity contribution in [2.75, 3.05) is 13.1 Å². The first-order valence-electron chi connectivity index (χ1n) is 9.48. The van der Waals surface area contributed by atoms with E-state index in [1.165, 1.54) is 45.6 Å². The zero-order chi connectivity index (χ0) is 17.3. The average molecular weight is 341 g/mol. The van der Waals surface area contributed by atoms with Crippen LogP contribution in [0.4, 0.5) is 0 Å². The Morgan fingerprint density at radius 3 is 2.77 bits per heavy atom. The molecule has 1 saturated heterocycles. The highest BCUT2D eigenvalue weighted by Crippen LogP contribution is 2.33. The van der Waals surface area contributed by atoms with Gasteiger partial charge in [0.15, 0.2) is 0 Å². The molecule has 2 aromatic heterocycles. The smallest absolute Gasteiger partial charge is 0.0457 e. The SMILES string of the molecule is c1cc(C2CCN(Cc3c[nH]c4ccccc34)CC2)c2ccncc2c1. The fraction of sp³-hybridized carbons (Fsp3) is 0.261. The second-order valence-corrected chi connectivity index (χ2v) is 7.35. The van der Waals surface area contributed by atoms with Gasteiger partial charge < -0.3 is 4.98 Å². The monoisotopic (exact) mass is 341 g/mol. The lowest BCUT2D eigenvalue weighted by Crippen LogP contribution is -2.32. The number of piperidine rings is 1. The molecule has 3 heteroatoms. The first-order valence-corrected chi connectivity index (χ1v) is 9.48. The molecule has 0 unspecified atom stereocenters. The number of fused-ring (bicyclic) bond motifs is 2. The summed E-state index contributed by atoms with van der Waals surface area (Å²) in [6.45, 7) is 3.35. The van der Waals surface area contributed by atoms with Crippen LogP contribution in [0.5, 0.6) is 0 Å². The average Bonchev–Trinajstić information content (AvgIpc) is 3.11. The van der Waals surface area contributed by atoms with Gasteiger partial charge in [-0.3, -0.25) is 9.88 Å². The van der Waals surface area contributed by atoms with Crippen LogP contribution < -0.4 is 0 Å². The fourth-order valence-corrected chi connectivity index (χ4v) is 4.41. The van der Waals surface area contributed by atoms with Crippen LogP contribution in [0.2, 0.25) is 0 Å². The summed E-state index contributed by atoms with van der Waals surface area (Å²) in [7, 11) is 0. The number of hydrogen-bond donors (Lipinski definition) is 1. The van der Waals surface area contributed by atoms with E-state index in [9.17, 15) is 0 Å². The summed E-state index contributed by atoms with van der Waals surface area (Å²) in [5.74, 6) is 0.653. The van der Waals surface area contributed by atoms with Gasteiger partial charge in [-0.15, -0.1) is 0 Å². The minimum atomic E-state index is 0.653. The quantitative estimate of drug-likeness (QED) is 0.562. The number of para-hydroxylation sites is 1. The van der Waals surface area contributed by atoms with Gasteiger partial charge in [0, 0.05) is 41.4 Å². The Kier molecular flexibility index (Phi) is 3.95. The van der Waals surface area contributed by atoms with Gasteiger partial charge in [0.05, 0.1) is 0 Å². The minimum absolute atomic E-state index is 0.653. The number of nitrogens with zero attached hydrogens (tertiary/aromatic N) is 2. The molecule has 0 amide bonds. The Bertz CT molecular complexity index is 1040. The lowest BCUT2D eigenvalue weighted by atomic mass is 9.86. The normalized spacial score (nSPS) is 16.5. The van der Waals surface area contributed by atoms with Crippen molar-refractivity contribution < 1.29 is 0 Å². The van der Waals surface area contributed by atoms with Crippen molar-refractivity contribution >= 4 is 21.7 Å². The molecule has 0 saturated carbocycles. The summed E-state index contributed by atoms with van der Waals surface area (Å²) < 4.78 is 0. The summed E-state index contributed by atoms with van der Waals surface area (Å²) in [5.41, 5.74) is 4.15. The number of pyridine rings is 1. The van der Waals surface area contributed by atoms with Crippen molar-refractivity contribution in [2.24, 2.45) is 0 Å². The van der Waals surface area contributed by atoms with E-state index in [-0.39, 0.29) is 0 Å². The molecule has 0 spiro atoms. The topological polar surface area (TPSA) is 31.9 Å². The zero-order valence-corrected chi connectivity index (χ0v) is 14.9. The Labute approximate surface area is 153 Å². The number of hydrogen-bond acceptors (Lipinski definition) is 2. The summed E-state index contributed by atoms with van der Waals surface area (Å²) >= 11 is 0. The van der Waals surface area contributed by atoms with Crippen LogP contribution in [0.3, 0.4) is 0 Å². The van der Waals surface area contributed by atoms with Gasteiger partial charge in [0.25, 0.3) is 0 Å². The molecule has 0 radical (unpaired) electrons. The molecule has 1 aliphatic rings. The van der Waals surface area contributed by atoms with E-state index < -0.39 is 0 Å². The van der Waals surface area contributed by atoms with Crippen molar-refractivity contribution in [1.82, 2.24) is 14.9 Å². The summed E-state index contributed by atoms with van der Waals surface area (Å²) in [5, 5.41) is 3.99. The second kappa shape index (κ2) is 6.58. The van der Waals surface area contributed by atoms with E-state index in [2.05, 4.69) is 69.6 Å². The van der Waals surface area contributed by atoms with E-state index in [1.807, 2.05) is 12.4 Å². The molecule has 0 aliphatic carbocycles. The molecule has 1 aliphatic heterocycles. The Morgan fingerprint density at radius 1 is 0.962 bits per heavy atom. The molecule has 5 rings (SSSR count). The number of rotatable bonds is 3. The number of aromatic nitrogens is 2. The standard InChI is InChI=1S/C23H23N3/c1-2-7-23-22(5-1)19(15-25-23)16-26-12-9-17(10-13-26)20-6-3-4-18-14-24-11-8-21(18)20/h1-8,11,14-15,17,25H,9-10,12-13,16H2. The molecule has 3 heterocycles. The highest BCUT2D eigenvalue weighted by molar-refractivity contribution is 5.85. The van der Waals surface area contributed by atoms with Gasteiger partial charge in [0.1, 0.15) is 0 Å². The van der Waals surface area contributed by atoms with Crippen molar-refractivity contribution in [1.29, 1.82) is 0 Å². The Morgan fingerprint density at radius 2 is 1.85 bits per heavy atom. The Balaban J connectivity index is 1.31. The third-order valence-corrected chi connectivity index (χ3v) is 5.81. The van der Waals surface area contributed by atoms with Crippen LogP contribution in [0.1, 0.15) is 29.9 Å². The summed E-state index contributed by atoms with van der Waals surface area (Å²) in [6, 6.07) is 17.4. The Hall–Kier alpha value is -2.65. The molecule has 130 valence electrons.